The zero-order chi connectivity index (χ0) is 17.8. The Hall–Kier alpha value is -2.05. The van der Waals surface area contributed by atoms with E-state index in [1.54, 1.807) is 14.2 Å². The fraction of sp³-hybridized carbons (Fsp3) is 0.526. The van der Waals surface area contributed by atoms with E-state index in [2.05, 4.69) is 11.0 Å². The summed E-state index contributed by atoms with van der Waals surface area (Å²) in [6.07, 6.45) is 3.99. The molecule has 6 nitrogen and oxygen atoms in total. The Bertz CT molecular complexity index is 637. The van der Waals surface area contributed by atoms with Crippen molar-refractivity contribution in [3.8, 4) is 11.5 Å². The summed E-state index contributed by atoms with van der Waals surface area (Å²) in [5.41, 5.74) is 2.07. The van der Waals surface area contributed by atoms with Crippen molar-refractivity contribution in [3.05, 3.63) is 29.8 Å². The Morgan fingerprint density at radius 1 is 1.24 bits per heavy atom. The monoisotopic (exact) mass is 346 g/mol. The van der Waals surface area contributed by atoms with Gasteiger partial charge in [-0.25, -0.2) is 0 Å². The first-order valence-electron chi connectivity index (χ1n) is 8.62. The summed E-state index contributed by atoms with van der Waals surface area (Å²) in [6.45, 7) is 2.93. The molecule has 2 aliphatic heterocycles. The van der Waals surface area contributed by atoms with Crippen molar-refractivity contribution < 1.29 is 19.0 Å². The van der Waals surface area contributed by atoms with Gasteiger partial charge in [-0.2, -0.15) is 0 Å². The average Bonchev–Trinajstić information content (AvgIpc) is 3.03. The van der Waals surface area contributed by atoms with Crippen molar-refractivity contribution in [1.82, 2.24) is 4.90 Å². The Morgan fingerprint density at radius 2 is 1.96 bits per heavy atom. The van der Waals surface area contributed by atoms with Gasteiger partial charge >= 0.3 is 0 Å². The maximum absolute atomic E-state index is 12.9. The van der Waals surface area contributed by atoms with Crippen molar-refractivity contribution in [2.45, 2.75) is 18.9 Å². The molecule has 0 bridgehead atoms. The molecule has 1 fully saturated rings. The molecule has 136 valence electrons. The van der Waals surface area contributed by atoms with Crippen molar-refractivity contribution in [1.29, 1.82) is 0 Å². The number of benzene rings is 1. The third-order valence-electron chi connectivity index (χ3n) is 4.79. The molecule has 0 unspecified atom stereocenters. The van der Waals surface area contributed by atoms with Crippen LogP contribution in [0.2, 0.25) is 0 Å². The smallest absolute Gasteiger partial charge is 0.244 e. The lowest BCUT2D eigenvalue weighted by Crippen LogP contribution is -2.41. The molecule has 1 amide bonds. The molecular formula is C19H26N2O4. The highest BCUT2D eigenvalue weighted by Gasteiger charge is 2.35. The molecule has 25 heavy (non-hydrogen) atoms. The molecule has 0 aliphatic carbocycles. The molecule has 1 saturated heterocycles. The number of anilines is 1. The van der Waals surface area contributed by atoms with E-state index in [1.165, 1.54) is 5.57 Å². The molecule has 2 heterocycles. The van der Waals surface area contributed by atoms with Gasteiger partial charge in [-0.15, -0.1) is 0 Å². The number of hydrogen-bond acceptors (Lipinski definition) is 5. The van der Waals surface area contributed by atoms with E-state index in [0.29, 0.717) is 24.7 Å². The van der Waals surface area contributed by atoms with E-state index in [1.807, 2.05) is 30.1 Å². The highest BCUT2D eigenvalue weighted by molar-refractivity contribution is 5.99. The van der Waals surface area contributed by atoms with Crippen LogP contribution in [0.5, 0.6) is 11.5 Å². The zero-order valence-electron chi connectivity index (χ0n) is 15.2. The van der Waals surface area contributed by atoms with Gasteiger partial charge in [0.2, 0.25) is 5.91 Å². The largest absolute Gasteiger partial charge is 0.497 e. The highest BCUT2D eigenvalue weighted by atomic mass is 16.5. The van der Waals surface area contributed by atoms with Crippen molar-refractivity contribution >= 4 is 11.6 Å². The second-order valence-corrected chi connectivity index (χ2v) is 6.48. The number of ether oxygens (including phenoxy) is 3. The fourth-order valence-electron chi connectivity index (χ4n) is 3.43. The quantitative estimate of drug-likeness (QED) is 0.738. The second-order valence-electron chi connectivity index (χ2n) is 6.48. The van der Waals surface area contributed by atoms with E-state index >= 15 is 0 Å². The van der Waals surface area contributed by atoms with E-state index < -0.39 is 0 Å². The van der Waals surface area contributed by atoms with Gasteiger partial charge < -0.3 is 19.1 Å². The topological polar surface area (TPSA) is 51.2 Å². The molecule has 0 radical (unpaired) electrons. The highest BCUT2D eigenvalue weighted by Crippen LogP contribution is 2.31. The average molecular weight is 346 g/mol. The number of carbonyl (C=O) groups excluding carboxylic acids is 1. The molecule has 0 spiro atoms. The number of amides is 1. The summed E-state index contributed by atoms with van der Waals surface area (Å²) in [5, 5.41) is 0. The van der Waals surface area contributed by atoms with Crippen LogP contribution >= 0.6 is 0 Å². The predicted molar refractivity (Wildman–Crippen MR) is 96.5 cm³/mol. The Kier molecular flexibility index (Phi) is 5.60. The molecule has 0 saturated carbocycles. The van der Waals surface area contributed by atoms with Crippen molar-refractivity contribution in [2.24, 2.45) is 0 Å². The molecule has 0 N–H and O–H groups in total. The van der Waals surface area contributed by atoms with Crippen LogP contribution < -0.4 is 14.4 Å². The van der Waals surface area contributed by atoms with Crippen LogP contribution in [0, 0.1) is 0 Å². The number of hydrogen-bond donors (Lipinski definition) is 0. The number of carbonyl (C=O) groups is 1. The minimum atomic E-state index is -0.111. The lowest BCUT2D eigenvalue weighted by atomic mass is 10.1. The maximum Gasteiger partial charge on any atom is 0.244 e. The van der Waals surface area contributed by atoms with E-state index in [-0.39, 0.29) is 11.9 Å². The molecule has 1 atom stereocenters. The molecule has 1 aromatic rings. The Morgan fingerprint density at radius 3 is 2.56 bits per heavy atom. The van der Waals surface area contributed by atoms with Crippen LogP contribution in [0.4, 0.5) is 5.69 Å². The number of methoxy groups -OCH3 is 2. The van der Waals surface area contributed by atoms with Gasteiger partial charge in [-0.1, -0.05) is 6.08 Å². The first-order chi connectivity index (χ1) is 12.1. The molecular weight excluding hydrogens is 320 g/mol. The first kappa shape index (κ1) is 17.8. The minimum Gasteiger partial charge on any atom is -0.497 e. The second kappa shape index (κ2) is 7.89. The van der Waals surface area contributed by atoms with Gasteiger partial charge in [-0.05, 0) is 25.5 Å². The van der Waals surface area contributed by atoms with Gasteiger partial charge in [0, 0.05) is 31.3 Å². The van der Waals surface area contributed by atoms with Crippen molar-refractivity contribution in [3.63, 3.8) is 0 Å². The van der Waals surface area contributed by atoms with Crippen LogP contribution in [0.3, 0.4) is 0 Å². The lowest BCUT2D eigenvalue weighted by molar-refractivity contribution is -0.121. The van der Waals surface area contributed by atoms with Crippen LogP contribution in [-0.4, -0.2) is 64.4 Å². The summed E-state index contributed by atoms with van der Waals surface area (Å²) in [7, 11) is 5.23. The van der Waals surface area contributed by atoms with Crippen molar-refractivity contribution in [2.75, 3.05) is 52.5 Å². The van der Waals surface area contributed by atoms with Gasteiger partial charge in [0.05, 0.1) is 39.2 Å². The SMILES string of the molecule is COc1cc(OC)cc(N2CC[C@@H](N(C)CC3=CCCOC3)C2=O)c1. The summed E-state index contributed by atoms with van der Waals surface area (Å²) >= 11 is 0. The molecule has 0 aromatic heterocycles. The fourth-order valence-corrected chi connectivity index (χ4v) is 3.43. The van der Waals surface area contributed by atoms with Crippen LogP contribution in [0.25, 0.3) is 0 Å². The Labute approximate surface area is 148 Å². The van der Waals surface area contributed by atoms with Gasteiger partial charge in [-0.3, -0.25) is 9.69 Å². The molecule has 6 heteroatoms. The van der Waals surface area contributed by atoms with Crippen LogP contribution in [-0.2, 0) is 9.53 Å². The van der Waals surface area contributed by atoms with Gasteiger partial charge in [0.1, 0.15) is 11.5 Å². The third kappa shape index (κ3) is 3.96. The third-order valence-corrected chi connectivity index (χ3v) is 4.79. The van der Waals surface area contributed by atoms with E-state index in [0.717, 1.165) is 31.7 Å². The van der Waals surface area contributed by atoms with E-state index in [9.17, 15) is 4.79 Å². The molecule has 2 aliphatic rings. The van der Waals surface area contributed by atoms with Crippen LogP contribution in [0.1, 0.15) is 12.8 Å². The normalized spacial score (nSPS) is 20.8. The number of nitrogens with zero attached hydrogens (tertiary/aromatic N) is 2. The van der Waals surface area contributed by atoms with Crippen LogP contribution in [0.15, 0.2) is 29.8 Å². The van der Waals surface area contributed by atoms with E-state index in [4.69, 9.17) is 14.2 Å². The van der Waals surface area contributed by atoms with Gasteiger partial charge in [0.25, 0.3) is 0 Å². The maximum atomic E-state index is 12.9. The summed E-state index contributed by atoms with van der Waals surface area (Å²) in [5.74, 6) is 1.49. The standard InChI is InChI=1S/C19H26N2O4/c1-20(12-14-5-4-8-25-13-14)18-6-7-21(19(18)22)15-9-16(23-2)11-17(10-15)24-3/h5,9-11,18H,4,6-8,12-13H2,1-3H3/t18-/m1/s1. The first-order valence-corrected chi connectivity index (χ1v) is 8.62. The Balaban J connectivity index is 1.72. The summed E-state index contributed by atoms with van der Waals surface area (Å²) in [6, 6.07) is 5.45. The minimum absolute atomic E-state index is 0.111. The summed E-state index contributed by atoms with van der Waals surface area (Å²) < 4.78 is 16.1. The molecule has 1 aromatic carbocycles. The number of likely N-dealkylation sites (N-methyl/N-ethyl adjacent to an activating group) is 1. The molecule has 3 rings (SSSR count). The van der Waals surface area contributed by atoms with Gasteiger partial charge in [0.15, 0.2) is 0 Å². The summed E-state index contributed by atoms with van der Waals surface area (Å²) in [4.78, 5) is 16.9. The predicted octanol–water partition coefficient (Wildman–Crippen LogP) is 2.09. The number of rotatable bonds is 6. The zero-order valence-corrected chi connectivity index (χ0v) is 15.2. The lowest BCUT2D eigenvalue weighted by Gasteiger charge is -2.26.